The second-order valence-corrected chi connectivity index (χ2v) is 14.7. The fourth-order valence-electron chi connectivity index (χ4n) is 7.29. The van der Waals surface area contributed by atoms with Gasteiger partial charge in [-0.05, 0) is 96.9 Å². The molecule has 268 valence electrons. The average Bonchev–Trinajstić information content (AvgIpc) is 3.98. The van der Waals surface area contributed by atoms with Crippen LogP contribution in [-0.4, -0.2) is 63.4 Å². The van der Waals surface area contributed by atoms with E-state index in [4.69, 9.17) is 11.6 Å². The first kappa shape index (κ1) is 34.4. The number of aryl methyl sites for hydroxylation is 1. The van der Waals surface area contributed by atoms with E-state index in [0.717, 1.165) is 33.1 Å². The van der Waals surface area contributed by atoms with Gasteiger partial charge in [0.05, 0.1) is 0 Å². The van der Waals surface area contributed by atoms with Gasteiger partial charge in [0.1, 0.15) is 11.4 Å². The third-order valence-corrected chi connectivity index (χ3v) is 11.4. The van der Waals surface area contributed by atoms with Crippen LogP contribution in [0.3, 0.4) is 0 Å². The van der Waals surface area contributed by atoms with Crippen molar-refractivity contribution in [3.05, 3.63) is 101 Å². The van der Waals surface area contributed by atoms with Crippen LogP contribution in [-0.2, 0) is 14.4 Å². The van der Waals surface area contributed by atoms with Gasteiger partial charge < -0.3 is 25.5 Å². The number of amides is 5. The van der Waals surface area contributed by atoms with Gasteiger partial charge in [-0.2, -0.15) is 0 Å². The number of carbonyl (C=O) groups excluding carboxylic acids is 5. The van der Waals surface area contributed by atoms with Crippen LogP contribution >= 0.6 is 22.9 Å². The Morgan fingerprint density at radius 3 is 2.25 bits per heavy atom. The van der Waals surface area contributed by atoms with Crippen LogP contribution in [0.4, 0.5) is 17.1 Å². The molecule has 0 saturated carbocycles. The maximum Gasteiger partial charge on any atom is 0.274 e. The minimum atomic E-state index is -0.332. The highest BCUT2D eigenvalue weighted by molar-refractivity contribution is 7.17. The van der Waals surface area contributed by atoms with Gasteiger partial charge in [-0.15, -0.1) is 22.9 Å². The number of aromatic nitrogens is 2. The lowest BCUT2D eigenvalue weighted by Crippen LogP contribution is -2.30. The van der Waals surface area contributed by atoms with Crippen LogP contribution < -0.4 is 15.5 Å². The van der Waals surface area contributed by atoms with E-state index in [1.165, 1.54) is 32.7 Å². The molecule has 0 radical (unpaired) electrons. The highest BCUT2D eigenvalue weighted by atomic mass is 35.5. The number of fused-ring (bicyclic) bond motifs is 5. The molecule has 0 unspecified atom stereocenters. The number of nitrogens with zero attached hydrogens (tertiary/aromatic N) is 2. The summed E-state index contributed by atoms with van der Waals surface area (Å²) in [7, 11) is 0. The first-order valence-electron chi connectivity index (χ1n) is 17.5. The molecule has 6 aromatic rings. The second-order valence-electron chi connectivity index (χ2n) is 13.5. The maximum absolute atomic E-state index is 13.9. The first-order valence-corrected chi connectivity index (χ1v) is 18.9. The van der Waals surface area contributed by atoms with Gasteiger partial charge in [-0.25, -0.2) is 0 Å². The number of rotatable bonds is 11. The van der Waals surface area contributed by atoms with Crippen molar-refractivity contribution in [2.45, 2.75) is 38.5 Å². The van der Waals surface area contributed by atoms with Gasteiger partial charge in [0.25, 0.3) is 23.6 Å². The number of unbranched alkanes of at least 4 members (excludes halogenated alkanes) is 2. The summed E-state index contributed by atoms with van der Waals surface area (Å²) in [6.45, 7) is 2.95. The monoisotopic (exact) mass is 746 g/mol. The highest BCUT2D eigenvalue weighted by Crippen LogP contribution is 2.45. The van der Waals surface area contributed by atoms with Crippen molar-refractivity contribution in [3.63, 3.8) is 0 Å². The van der Waals surface area contributed by atoms with Gasteiger partial charge in [0.15, 0.2) is 0 Å². The summed E-state index contributed by atoms with van der Waals surface area (Å²) in [6.07, 6.45) is 4.81. The Balaban J connectivity index is 0.892. The van der Waals surface area contributed by atoms with E-state index >= 15 is 0 Å². The van der Waals surface area contributed by atoms with E-state index in [0.29, 0.717) is 67.4 Å². The zero-order valence-electron chi connectivity index (χ0n) is 28.8. The predicted molar refractivity (Wildman–Crippen MR) is 209 cm³/mol. The molecule has 2 aliphatic heterocycles. The largest absolute Gasteiger partial charge is 0.351 e. The summed E-state index contributed by atoms with van der Waals surface area (Å²) in [5.41, 5.74) is 6.74. The Labute approximate surface area is 313 Å². The van der Waals surface area contributed by atoms with Crippen molar-refractivity contribution in [2.24, 2.45) is 0 Å². The number of imide groups is 1. The highest BCUT2D eigenvalue weighted by Gasteiger charge is 2.35. The van der Waals surface area contributed by atoms with Crippen molar-refractivity contribution in [3.8, 4) is 0 Å². The zero-order valence-corrected chi connectivity index (χ0v) is 30.3. The molecule has 13 heteroatoms. The number of aromatic amines is 2. The molecule has 2 aliphatic rings. The maximum atomic E-state index is 13.9. The van der Waals surface area contributed by atoms with Gasteiger partial charge in [0.2, 0.25) is 5.91 Å². The molecular formula is C40H35ClN6O5S. The van der Waals surface area contributed by atoms with Gasteiger partial charge >= 0.3 is 0 Å². The smallest absolute Gasteiger partial charge is 0.274 e. The SMILES string of the molecule is Cc1csc2ccc3c(c12)[C@@H](CCl)CN3C(=O)c1cc2cc(NC(=O)c3cc4cc(NC(=O)CCCCCN5C(=O)C=CC5=O)ccc4[nH]3)ccc2[nH]1. The molecule has 5 heterocycles. The lowest BCUT2D eigenvalue weighted by molar-refractivity contribution is -0.136. The predicted octanol–water partition coefficient (Wildman–Crippen LogP) is 7.83. The molecule has 3 aromatic carbocycles. The Hall–Kier alpha value is -5.72. The number of hydrogen-bond donors (Lipinski definition) is 4. The normalized spacial score (nSPS) is 15.3. The van der Waals surface area contributed by atoms with Crippen LogP contribution in [0.1, 0.15) is 63.7 Å². The molecule has 11 nitrogen and oxygen atoms in total. The number of anilines is 3. The Morgan fingerprint density at radius 2 is 1.53 bits per heavy atom. The summed E-state index contributed by atoms with van der Waals surface area (Å²) < 4.78 is 1.19. The standard InChI is InChI=1S/C40H35ClN6O5S/c1-22-21-53-33-11-10-32-38(37(22)33)25(19-41)20-47(32)40(52)31-18-24-16-27(7-9-29(24)45-31)43-39(51)30-17-23-15-26(6-8-28(23)44-30)42-34(48)5-3-2-4-14-46-35(49)12-13-36(46)50/h6-13,15-18,21,25,44-45H,2-5,14,19-20H2,1H3,(H,42,48)(H,43,51)/t25-/m0/s1. The van der Waals surface area contributed by atoms with Crippen molar-refractivity contribution >= 4 is 101 Å². The van der Waals surface area contributed by atoms with Crippen molar-refractivity contribution < 1.29 is 24.0 Å². The minimum absolute atomic E-state index is 0.0442. The number of H-pyrrole nitrogens is 2. The number of carbonyl (C=O) groups is 5. The molecule has 0 fully saturated rings. The first-order chi connectivity index (χ1) is 25.7. The molecule has 0 bridgehead atoms. The zero-order chi connectivity index (χ0) is 36.8. The minimum Gasteiger partial charge on any atom is -0.351 e. The second kappa shape index (κ2) is 14.0. The van der Waals surface area contributed by atoms with Crippen molar-refractivity contribution in [2.75, 3.05) is 34.5 Å². The number of alkyl halides is 1. The summed E-state index contributed by atoms with van der Waals surface area (Å²) >= 11 is 8.12. The van der Waals surface area contributed by atoms with Crippen LogP contribution in [0.5, 0.6) is 0 Å². The summed E-state index contributed by atoms with van der Waals surface area (Å²) in [5, 5.41) is 10.7. The van der Waals surface area contributed by atoms with Crippen LogP contribution in [0.25, 0.3) is 31.9 Å². The Bertz CT molecular complexity index is 2490. The Morgan fingerprint density at radius 1 is 0.849 bits per heavy atom. The van der Waals surface area contributed by atoms with Crippen LogP contribution in [0.2, 0.25) is 0 Å². The molecule has 5 amide bonds. The molecule has 8 rings (SSSR count). The van der Waals surface area contributed by atoms with Crippen molar-refractivity contribution in [1.82, 2.24) is 14.9 Å². The molecule has 1 atom stereocenters. The summed E-state index contributed by atoms with van der Waals surface area (Å²) in [6, 6.07) is 18.5. The van der Waals surface area contributed by atoms with Crippen molar-refractivity contribution in [1.29, 1.82) is 0 Å². The fraction of sp³-hybridized carbons (Fsp3) is 0.225. The molecule has 53 heavy (non-hydrogen) atoms. The molecule has 4 N–H and O–H groups in total. The van der Waals surface area contributed by atoms with Gasteiger partial charge in [-0.1, -0.05) is 6.42 Å². The molecule has 0 aliphatic carbocycles. The number of benzene rings is 3. The summed E-state index contributed by atoms with van der Waals surface area (Å²) in [5.74, 6) is -0.732. The number of thiophene rings is 1. The van der Waals surface area contributed by atoms with Crippen LogP contribution in [0, 0.1) is 6.92 Å². The van der Waals surface area contributed by atoms with Crippen LogP contribution in [0.15, 0.2) is 78.2 Å². The summed E-state index contributed by atoms with van der Waals surface area (Å²) in [4.78, 5) is 72.5. The van der Waals surface area contributed by atoms with E-state index in [1.54, 1.807) is 35.6 Å². The third-order valence-electron chi connectivity index (χ3n) is 9.92. The number of hydrogen-bond acceptors (Lipinski definition) is 6. The molecule has 3 aromatic heterocycles. The van der Waals surface area contributed by atoms with E-state index in [-0.39, 0.29) is 35.5 Å². The molecule has 0 saturated heterocycles. The topological polar surface area (TPSA) is 147 Å². The quantitative estimate of drug-likeness (QED) is 0.0606. The van der Waals surface area contributed by atoms with E-state index < -0.39 is 0 Å². The third kappa shape index (κ3) is 6.60. The van der Waals surface area contributed by atoms with E-state index in [2.05, 4.69) is 39.0 Å². The van der Waals surface area contributed by atoms with Gasteiger partial charge in [-0.3, -0.25) is 28.9 Å². The molecular weight excluding hydrogens is 712 g/mol. The molecule has 0 spiro atoms. The average molecular weight is 747 g/mol. The van der Waals surface area contributed by atoms with Gasteiger partial charge in [0, 0.05) is 92.4 Å². The number of halogens is 1. The lowest BCUT2D eigenvalue weighted by Gasteiger charge is -2.17. The lowest BCUT2D eigenvalue weighted by atomic mass is 9.97. The van der Waals surface area contributed by atoms with E-state index in [9.17, 15) is 24.0 Å². The van der Waals surface area contributed by atoms with E-state index in [1.807, 2.05) is 35.2 Å². The fourth-order valence-corrected chi connectivity index (χ4v) is 8.50. The Kier molecular flexibility index (Phi) is 9.09. The number of nitrogens with one attached hydrogen (secondary N) is 4.